The van der Waals surface area contributed by atoms with Crippen molar-refractivity contribution in [2.75, 3.05) is 13.2 Å². The van der Waals surface area contributed by atoms with E-state index in [1.807, 2.05) is 6.92 Å². The topological polar surface area (TPSA) is 66.8 Å². The maximum Gasteiger partial charge on any atom is 0.332 e. The molecule has 0 aliphatic carbocycles. The molecule has 3 atom stereocenters. The largest absolute Gasteiger partial charge is 0.464 e. The fourth-order valence-corrected chi connectivity index (χ4v) is 3.30. The highest BCUT2D eigenvalue weighted by molar-refractivity contribution is 5.93. The first-order chi connectivity index (χ1) is 8.07. The van der Waals surface area contributed by atoms with E-state index in [0.29, 0.717) is 25.9 Å². The minimum absolute atomic E-state index is 0.0481. The monoisotopic (exact) mass is 241 g/mol. The summed E-state index contributed by atoms with van der Waals surface area (Å²) in [7, 11) is 0. The lowest BCUT2D eigenvalue weighted by Gasteiger charge is -2.34. The van der Waals surface area contributed by atoms with Crippen molar-refractivity contribution in [3.05, 3.63) is 0 Å². The molecule has 2 fully saturated rings. The Morgan fingerprint density at radius 2 is 2.29 bits per heavy atom. The van der Waals surface area contributed by atoms with Crippen molar-refractivity contribution in [1.82, 2.24) is 4.90 Å². The summed E-state index contributed by atoms with van der Waals surface area (Å²) in [5.41, 5.74) is -0.902. The first-order valence-electron chi connectivity index (χ1n) is 6.23. The fraction of sp³-hybridized carbons (Fsp3) is 0.833. The van der Waals surface area contributed by atoms with E-state index in [1.54, 1.807) is 6.92 Å². The second-order valence-electron chi connectivity index (χ2n) is 4.73. The van der Waals surface area contributed by atoms with Crippen LogP contribution in [-0.2, 0) is 14.3 Å². The van der Waals surface area contributed by atoms with E-state index in [9.17, 15) is 14.7 Å². The van der Waals surface area contributed by atoms with E-state index in [0.717, 1.165) is 0 Å². The Morgan fingerprint density at radius 3 is 2.88 bits per heavy atom. The lowest BCUT2D eigenvalue weighted by Crippen LogP contribution is -2.52. The van der Waals surface area contributed by atoms with Crippen LogP contribution in [0.1, 0.15) is 33.1 Å². The van der Waals surface area contributed by atoms with Gasteiger partial charge in [-0.3, -0.25) is 4.79 Å². The number of aliphatic hydroxyl groups is 1. The Hall–Kier alpha value is -1.10. The van der Waals surface area contributed by atoms with Gasteiger partial charge < -0.3 is 14.7 Å². The molecule has 5 heteroatoms. The summed E-state index contributed by atoms with van der Waals surface area (Å²) >= 11 is 0. The van der Waals surface area contributed by atoms with Gasteiger partial charge in [-0.2, -0.15) is 0 Å². The van der Waals surface area contributed by atoms with Crippen LogP contribution in [-0.4, -0.2) is 46.7 Å². The Kier molecular flexibility index (Phi) is 3.12. The number of nitrogens with zero attached hydrogens (tertiary/aromatic N) is 1. The van der Waals surface area contributed by atoms with Gasteiger partial charge in [0.2, 0.25) is 5.91 Å². The molecule has 0 saturated carbocycles. The molecule has 3 unspecified atom stereocenters. The Labute approximate surface area is 101 Å². The van der Waals surface area contributed by atoms with Crippen LogP contribution in [0.15, 0.2) is 0 Å². The predicted octanol–water partition coefficient (Wildman–Crippen LogP) is 0.311. The van der Waals surface area contributed by atoms with Crippen LogP contribution in [0, 0.1) is 5.92 Å². The first kappa shape index (κ1) is 12.4. The van der Waals surface area contributed by atoms with Crippen LogP contribution in [0.25, 0.3) is 0 Å². The zero-order valence-corrected chi connectivity index (χ0v) is 10.3. The van der Waals surface area contributed by atoms with Crippen molar-refractivity contribution in [1.29, 1.82) is 0 Å². The smallest absolute Gasteiger partial charge is 0.332 e. The molecule has 0 aromatic carbocycles. The average Bonchev–Trinajstić information content (AvgIpc) is 2.75. The van der Waals surface area contributed by atoms with Crippen molar-refractivity contribution >= 4 is 11.9 Å². The molecule has 2 saturated heterocycles. The van der Waals surface area contributed by atoms with Crippen LogP contribution in [0.4, 0.5) is 0 Å². The minimum atomic E-state index is -0.902. The number of hydrogen-bond donors (Lipinski definition) is 1. The molecule has 96 valence electrons. The zero-order valence-electron chi connectivity index (χ0n) is 10.3. The number of carbonyl (C=O) groups is 2. The number of fused-ring (bicyclic) bond motifs is 1. The van der Waals surface area contributed by atoms with Crippen molar-refractivity contribution < 1.29 is 19.4 Å². The van der Waals surface area contributed by atoms with E-state index in [1.165, 1.54) is 4.90 Å². The Bertz CT molecular complexity index is 343. The lowest BCUT2D eigenvalue weighted by atomic mass is 9.80. The number of β-amino-alcohol motifs (C(OH)–C–C–N with tert-alkyl or cyclic N) is 1. The third-order valence-electron chi connectivity index (χ3n) is 4.02. The SMILES string of the molecule is CCOC(=O)C12CCC(=O)N1CC(O)C2CC. The molecule has 2 aliphatic heterocycles. The van der Waals surface area contributed by atoms with E-state index in [4.69, 9.17) is 4.74 Å². The van der Waals surface area contributed by atoms with Crippen LogP contribution in [0.2, 0.25) is 0 Å². The minimum Gasteiger partial charge on any atom is -0.464 e. The molecule has 2 rings (SSSR count). The normalized spacial score (nSPS) is 36.2. The van der Waals surface area contributed by atoms with E-state index in [2.05, 4.69) is 0 Å². The molecular weight excluding hydrogens is 222 g/mol. The van der Waals surface area contributed by atoms with Crippen molar-refractivity contribution in [3.8, 4) is 0 Å². The summed E-state index contributed by atoms with van der Waals surface area (Å²) in [5, 5.41) is 9.99. The standard InChI is InChI=1S/C12H19NO4/c1-3-8-9(14)7-13-10(15)5-6-12(8,13)11(16)17-4-2/h8-9,14H,3-7H2,1-2H3. The van der Waals surface area contributed by atoms with Crippen LogP contribution in [0.3, 0.4) is 0 Å². The zero-order chi connectivity index (χ0) is 12.6. The van der Waals surface area contributed by atoms with Gasteiger partial charge >= 0.3 is 5.97 Å². The Balaban J connectivity index is 2.36. The van der Waals surface area contributed by atoms with Crippen molar-refractivity contribution in [3.63, 3.8) is 0 Å². The van der Waals surface area contributed by atoms with Crippen molar-refractivity contribution in [2.24, 2.45) is 5.92 Å². The number of aliphatic hydroxyl groups excluding tert-OH is 1. The van der Waals surface area contributed by atoms with Gasteiger partial charge in [0.25, 0.3) is 0 Å². The maximum atomic E-state index is 12.2. The van der Waals surface area contributed by atoms with E-state index in [-0.39, 0.29) is 24.3 Å². The van der Waals surface area contributed by atoms with Crippen LogP contribution in [0.5, 0.6) is 0 Å². The van der Waals surface area contributed by atoms with Gasteiger partial charge in [-0.05, 0) is 19.8 Å². The highest BCUT2D eigenvalue weighted by Gasteiger charge is 2.63. The Morgan fingerprint density at radius 1 is 1.59 bits per heavy atom. The number of carbonyl (C=O) groups excluding carboxylic acids is 2. The molecule has 0 aromatic heterocycles. The predicted molar refractivity (Wildman–Crippen MR) is 60.1 cm³/mol. The number of amides is 1. The summed E-state index contributed by atoms with van der Waals surface area (Å²) in [6.45, 7) is 4.24. The van der Waals surface area contributed by atoms with Crippen molar-refractivity contribution in [2.45, 2.75) is 44.8 Å². The number of hydrogen-bond acceptors (Lipinski definition) is 4. The number of ether oxygens (including phenoxy) is 1. The fourth-order valence-electron chi connectivity index (χ4n) is 3.30. The number of rotatable bonds is 3. The molecule has 5 nitrogen and oxygen atoms in total. The van der Waals surface area contributed by atoms with Crippen LogP contribution >= 0.6 is 0 Å². The van der Waals surface area contributed by atoms with E-state index < -0.39 is 11.6 Å². The summed E-state index contributed by atoms with van der Waals surface area (Å²) in [4.78, 5) is 25.5. The molecule has 0 aromatic rings. The molecule has 2 heterocycles. The molecule has 1 N–H and O–H groups in total. The average molecular weight is 241 g/mol. The quantitative estimate of drug-likeness (QED) is 0.722. The van der Waals surface area contributed by atoms with Gasteiger partial charge in [0.1, 0.15) is 5.54 Å². The third kappa shape index (κ3) is 1.56. The number of esters is 1. The summed E-state index contributed by atoms with van der Waals surface area (Å²) in [5.74, 6) is -0.602. The van der Waals surface area contributed by atoms with Gasteiger partial charge in [-0.25, -0.2) is 4.79 Å². The molecule has 2 aliphatic rings. The van der Waals surface area contributed by atoms with Gasteiger partial charge in [0, 0.05) is 18.9 Å². The second kappa shape index (κ2) is 4.29. The summed E-state index contributed by atoms with van der Waals surface area (Å²) in [6, 6.07) is 0. The van der Waals surface area contributed by atoms with Gasteiger partial charge in [0.15, 0.2) is 0 Å². The lowest BCUT2D eigenvalue weighted by molar-refractivity contribution is -0.160. The molecule has 0 bridgehead atoms. The van der Waals surface area contributed by atoms with Gasteiger partial charge in [0.05, 0.1) is 12.7 Å². The summed E-state index contributed by atoms with van der Waals surface area (Å²) in [6.07, 6.45) is 0.903. The van der Waals surface area contributed by atoms with Crippen LogP contribution < -0.4 is 0 Å². The molecule has 1 amide bonds. The van der Waals surface area contributed by atoms with Gasteiger partial charge in [-0.1, -0.05) is 6.92 Å². The first-order valence-corrected chi connectivity index (χ1v) is 6.23. The molecule has 0 spiro atoms. The van der Waals surface area contributed by atoms with E-state index >= 15 is 0 Å². The third-order valence-corrected chi connectivity index (χ3v) is 4.02. The highest BCUT2D eigenvalue weighted by atomic mass is 16.5. The molecule has 17 heavy (non-hydrogen) atoms. The molecule has 0 radical (unpaired) electrons. The molecular formula is C12H19NO4. The highest BCUT2D eigenvalue weighted by Crippen LogP contribution is 2.46. The maximum absolute atomic E-state index is 12.2. The second-order valence-corrected chi connectivity index (χ2v) is 4.73. The van der Waals surface area contributed by atoms with Gasteiger partial charge in [-0.15, -0.1) is 0 Å². The summed E-state index contributed by atoms with van der Waals surface area (Å²) < 4.78 is 5.12.